The van der Waals surface area contributed by atoms with Crippen molar-refractivity contribution in [3.63, 3.8) is 0 Å². The van der Waals surface area contributed by atoms with E-state index in [-0.39, 0.29) is 17.7 Å². The molecule has 4 N–H and O–H groups in total. The molecule has 4 nitrogen and oxygen atoms in total. The first-order chi connectivity index (χ1) is 9.08. The van der Waals surface area contributed by atoms with Gasteiger partial charge >= 0.3 is 0 Å². The lowest BCUT2D eigenvalue weighted by atomic mass is 9.92. The lowest BCUT2D eigenvalue weighted by molar-refractivity contribution is 0.0901. The van der Waals surface area contributed by atoms with Crippen molar-refractivity contribution in [1.29, 1.82) is 0 Å². The van der Waals surface area contributed by atoms with Crippen LogP contribution in [0.1, 0.15) is 41.6 Å². The van der Waals surface area contributed by atoms with Crippen LogP contribution in [0.25, 0.3) is 0 Å². The highest BCUT2D eigenvalue weighted by molar-refractivity contribution is 5.92. The quantitative estimate of drug-likeness (QED) is 0.769. The molecular formula is C14H19FN2O2. The molecule has 5 heteroatoms. The average molecular weight is 266 g/mol. The maximum Gasteiger partial charge on any atom is 0.248 e. The smallest absolute Gasteiger partial charge is 0.248 e. The molecule has 19 heavy (non-hydrogen) atoms. The van der Waals surface area contributed by atoms with Gasteiger partial charge in [-0.15, -0.1) is 0 Å². The third-order valence-corrected chi connectivity index (χ3v) is 3.62. The Morgan fingerprint density at radius 1 is 1.42 bits per heavy atom. The van der Waals surface area contributed by atoms with Crippen LogP contribution >= 0.6 is 0 Å². The molecule has 0 aromatic heterocycles. The summed E-state index contributed by atoms with van der Waals surface area (Å²) in [5, 5.41) is 13.0. The number of halogens is 1. The number of carbonyl (C=O) groups excluding carboxylic acids is 1. The second-order valence-corrected chi connectivity index (χ2v) is 5.01. The number of amides is 1. The second-order valence-electron chi connectivity index (χ2n) is 5.01. The Morgan fingerprint density at radius 3 is 2.79 bits per heavy atom. The number of nitrogens with one attached hydrogen (secondary N) is 1. The van der Waals surface area contributed by atoms with Gasteiger partial charge < -0.3 is 16.2 Å². The summed E-state index contributed by atoms with van der Waals surface area (Å²) in [6, 6.07) is 4.23. The van der Waals surface area contributed by atoms with Gasteiger partial charge in [-0.1, -0.05) is 18.9 Å². The van der Waals surface area contributed by atoms with E-state index in [1.807, 2.05) is 0 Å². The van der Waals surface area contributed by atoms with Crippen LogP contribution in [0.5, 0.6) is 0 Å². The van der Waals surface area contributed by atoms with Gasteiger partial charge in [-0.3, -0.25) is 4.79 Å². The van der Waals surface area contributed by atoms with Crippen molar-refractivity contribution in [1.82, 2.24) is 5.32 Å². The molecule has 2 unspecified atom stereocenters. The predicted octanol–water partition coefficient (Wildman–Crippen LogP) is 1.32. The van der Waals surface area contributed by atoms with Crippen molar-refractivity contribution in [2.24, 2.45) is 5.73 Å². The van der Waals surface area contributed by atoms with Crippen LogP contribution in [0, 0.1) is 5.82 Å². The van der Waals surface area contributed by atoms with E-state index in [9.17, 15) is 14.3 Å². The molecule has 0 spiro atoms. The summed E-state index contributed by atoms with van der Waals surface area (Å²) in [6.45, 7) is 0.340. The minimum atomic E-state index is -0.638. The molecule has 1 aliphatic carbocycles. The molecule has 1 fully saturated rings. The zero-order valence-corrected chi connectivity index (χ0v) is 10.7. The Morgan fingerprint density at radius 2 is 2.16 bits per heavy atom. The van der Waals surface area contributed by atoms with Gasteiger partial charge in [0, 0.05) is 23.7 Å². The van der Waals surface area contributed by atoms with E-state index in [0.717, 1.165) is 31.7 Å². The number of hydrogen-bond donors (Lipinski definition) is 3. The fourth-order valence-corrected chi connectivity index (χ4v) is 2.43. The second kappa shape index (κ2) is 6.12. The van der Waals surface area contributed by atoms with Crippen molar-refractivity contribution < 1.29 is 14.3 Å². The number of aliphatic hydroxyl groups is 1. The molecule has 1 saturated carbocycles. The topological polar surface area (TPSA) is 75.4 Å². The van der Waals surface area contributed by atoms with E-state index in [4.69, 9.17) is 5.73 Å². The maximum atomic E-state index is 13.8. The third-order valence-electron chi connectivity index (χ3n) is 3.62. The van der Waals surface area contributed by atoms with Gasteiger partial charge in [0.1, 0.15) is 5.82 Å². The van der Waals surface area contributed by atoms with E-state index in [1.165, 1.54) is 6.07 Å². The van der Waals surface area contributed by atoms with Gasteiger partial charge in [0.05, 0.1) is 6.10 Å². The summed E-state index contributed by atoms with van der Waals surface area (Å²) >= 11 is 0. The van der Waals surface area contributed by atoms with Crippen molar-refractivity contribution >= 4 is 5.91 Å². The Balaban J connectivity index is 1.97. The molecular weight excluding hydrogens is 247 g/mol. The van der Waals surface area contributed by atoms with Crippen molar-refractivity contribution in [2.75, 3.05) is 0 Å². The summed E-state index contributed by atoms with van der Waals surface area (Å²) < 4.78 is 13.8. The molecule has 104 valence electrons. The van der Waals surface area contributed by atoms with Gasteiger partial charge in [-0.25, -0.2) is 4.39 Å². The van der Waals surface area contributed by atoms with Crippen LogP contribution < -0.4 is 11.1 Å². The molecule has 1 aliphatic rings. The Hall–Kier alpha value is -1.46. The fourth-order valence-electron chi connectivity index (χ4n) is 2.43. The van der Waals surface area contributed by atoms with Gasteiger partial charge in [-0.2, -0.15) is 0 Å². The molecule has 0 heterocycles. The zero-order chi connectivity index (χ0) is 13.8. The highest BCUT2D eigenvalue weighted by atomic mass is 19.1. The first-order valence-electron chi connectivity index (χ1n) is 6.57. The normalized spacial score (nSPS) is 23.3. The first-order valence-corrected chi connectivity index (χ1v) is 6.57. The summed E-state index contributed by atoms with van der Waals surface area (Å²) in [5.41, 5.74) is 5.73. The van der Waals surface area contributed by atoms with Crippen LogP contribution in [-0.4, -0.2) is 23.2 Å². The molecule has 1 aromatic carbocycles. The highest BCUT2D eigenvalue weighted by Crippen LogP contribution is 2.19. The minimum Gasteiger partial charge on any atom is -0.392 e. The number of aliphatic hydroxyl groups excluding tert-OH is 1. The SMILES string of the molecule is NC(=O)c1ccc(CNC2CCCCC2O)c(F)c1. The van der Waals surface area contributed by atoms with Gasteiger partial charge in [0.2, 0.25) is 5.91 Å². The van der Waals surface area contributed by atoms with E-state index in [0.29, 0.717) is 12.1 Å². The third kappa shape index (κ3) is 3.52. The van der Waals surface area contributed by atoms with Crippen LogP contribution in [0.4, 0.5) is 4.39 Å². The van der Waals surface area contributed by atoms with E-state index < -0.39 is 11.7 Å². The number of benzene rings is 1. The molecule has 0 radical (unpaired) electrons. The number of primary amides is 1. The molecule has 1 amide bonds. The fraction of sp³-hybridized carbons (Fsp3) is 0.500. The summed E-state index contributed by atoms with van der Waals surface area (Å²) in [7, 11) is 0. The Kier molecular flexibility index (Phi) is 4.50. The molecule has 2 atom stereocenters. The number of rotatable bonds is 4. The summed E-state index contributed by atoms with van der Waals surface area (Å²) in [5.74, 6) is -1.09. The zero-order valence-electron chi connectivity index (χ0n) is 10.7. The van der Waals surface area contributed by atoms with Crippen LogP contribution in [-0.2, 0) is 6.54 Å². The maximum absolute atomic E-state index is 13.8. The Labute approximate surface area is 111 Å². The van der Waals surface area contributed by atoms with Crippen LogP contribution in [0.15, 0.2) is 18.2 Å². The lowest BCUT2D eigenvalue weighted by Gasteiger charge is -2.28. The highest BCUT2D eigenvalue weighted by Gasteiger charge is 2.22. The summed E-state index contributed by atoms with van der Waals surface area (Å²) in [6.07, 6.45) is 3.46. The largest absolute Gasteiger partial charge is 0.392 e. The van der Waals surface area contributed by atoms with E-state index in [2.05, 4.69) is 5.32 Å². The predicted molar refractivity (Wildman–Crippen MR) is 70.0 cm³/mol. The number of nitrogens with two attached hydrogens (primary N) is 1. The van der Waals surface area contributed by atoms with Gasteiger partial charge in [0.15, 0.2) is 0 Å². The van der Waals surface area contributed by atoms with Crippen molar-refractivity contribution in [3.8, 4) is 0 Å². The van der Waals surface area contributed by atoms with Crippen LogP contribution in [0.3, 0.4) is 0 Å². The first kappa shape index (κ1) is 14.0. The molecule has 0 aliphatic heterocycles. The van der Waals surface area contributed by atoms with Crippen LogP contribution in [0.2, 0.25) is 0 Å². The van der Waals surface area contributed by atoms with E-state index >= 15 is 0 Å². The number of carbonyl (C=O) groups is 1. The van der Waals surface area contributed by atoms with Crippen molar-refractivity contribution in [3.05, 3.63) is 35.1 Å². The lowest BCUT2D eigenvalue weighted by Crippen LogP contribution is -2.41. The van der Waals surface area contributed by atoms with Crippen molar-refractivity contribution in [2.45, 2.75) is 44.4 Å². The number of hydrogen-bond acceptors (Lipinski definition) is 3. The van der Waals surface area contributed by atoms with Gasteiger partial charge in [-0.05, 0) is 25.0 Å². The average Bonchev–Trinajstić information content (AvgIpc) is 2.39. The molecule has 2 rings (SSSR count). The molecule has 0 bridgehead atoms. The monoisotopic (exact) mass is 266 g/mol. The molecule has 1 aromatic rings. The summed E-state index contributed by atoms with van der Waals surface area (Å²) in [4.78, 5) is 10.9. The Bertz CT molecular complexity index is 465. The standard InChI is InChI=1S/C14H19FN2O2/c15-11-7-9(14(16)19)5-6-10(11)8-17-12-3-1-2-4-13(12)18/h5-7,12-13,17-18H,1-4,8H2,(H2,16,19). The van der Waals surface area contributed by atoms with E-state index in [1.54, 1.807) is 6.07 Å². The minimum absolute atomic E-state index is 0.0176. The van der Waals surface area contributed by atoms with Gasteiger partial charge in [0.25, 0.3) is 0 Å². The molecule has 0 saturated heterocycles.